The van der Waals surface area contributed by atoms with Crippen LogP contribution in [0.3, 0.4) is 0 Å². The molecular formula is C26H31N2O4+. The average molecular weight is 436 g/mol. The molecule has 168 valence electrons. The highest BCUT2D eigenvalue weighted by Gasteiger charge is 2.37. The number of methoxy groups -OCH3 is 2. The molecule has 0 bridgehead atoms. The second kappa shape index (κ2) is 9.40. The van der Waals surface area contributed by atoms with Crippen molar-refractivity contribution in [3.8, 4) is 0 Å². The summed E-state index contributed by atoms with van der Waals surface area (Å²) in [4.78, 5) is 25.3. The molecule has 3 rings (SSSR count). The van der Waals surface area contributed by atoms with E-state index in [-0.39, 0.29) is 0 Å². The molecule has 6 nitrogen and oxygen atoms in total. The van der Waals surface area contributed by atoms with Crippen LogP contribution in [0.4, 0.5) is 5.69 Å². The summed E-state index contributed by atoms with van der Waals surface area (Å²) in [6.45, 7) is 4.46. The third-order valence-electron chi connectivity index (χ3n) is 5.92. The summed E-state index contributed by atoms with van der Waals surface area (Å²) >= 11 is 0. The molecule has 32 heavy (non-hydrogen) atoms. The Morgan fingerprint density at radius 3 is 1.81 bits per heavy atom. The Morgan fingerprint density at radius 1 is 0.844 bits per heavy atom. The molecule has 1 aliphatic rings. The minimum Gasteiger partial charge on any atom is -0.466 e. The third-order valence-corrected chi connectivity index (χ3v) is 5.92. The maximum Gasteiger partial charge on any atom is 0.336 e. The van der Waals surface area contributed by atoms with Crippen LogP contribution in [-0.2, 0) is 25.6 Å². The molecule has 0 aromatic heterocycles. The van der Waals surface area contributed by atoms with Gasteiger partial charge in [-0.05, 0) is 31.5 Å². The predicted octanol–water partition coefficient (Wildman–Crippen LogP) is 4.03. The van der Waals surface area contributed by atoms with Gasteiger partial charge in [-0.1, -0.05) is 42.5 Å². The molecular weight excluding hydrogens is 404 g/mol. The fraction of sp³-hybridized carbons (Fsp3) is 0.308. The van der Waals surface area contributed by atoms with Gasteiger partial charge in [-0.25, -0.2) is 9.59 Å². The first-order valence-electron chi connectivity index (χ1n) is 10.5. The lowest BCUT2D eigenvalue weighted by Gasteiger charge is -2.32. The molecule has 0 fully saturated rings. The lowest BCUT2D eigenvalue weighted by molar-refractivity contribution is -0.137. The summed E-state index contributed by atoms with van der Waals surface area (Å²) in [5.74, 6) is -1.52. The fourth-order valence-corrected chi connectivity index (χ4v) is 4.29. The molecule has 2 aromatic rings. The zero-order valence-electron chi connectivity index (χ0n) is 19.6. The number of carbonyl (C=O) groups excluding carboxylic acids is 2. The number of hydrogen-bond acceptors (Lipinski definition) is 5. The summed E-state index contributed by atoms with van der Waals surface area (Å²) in [7, 11) is 6.99. The van der Waals surface area contributed by atoms with E-state index in [0.717, 1.165) is 17.8 Å². The van der Waals surface area contributed by atoms with Crippen LogP contribution in [0.2, 0.25) is 0 Å². The summed E-state index contributed by atoms with van der Waals surface area (Å²) in [6.07, 6.45) is 0. The standard InChI is InChI=1S/C26H30N2O4/c1-17-22(25(29)31-5)24(23(18(2)27-17)26(30)32-6)20-12-14-21(15-13-20)28(3,4)16-19-10-8-7-9-11-19/h7-15,24H,16H2,1-6H3/p+1. The molecule has 0 saturated heterocycles. The van der Waals surface area contributed by atoms with Gasteiger partial charge in [-0.2, -0.15) is 0 Å². The van der Waals surface area contributed by atoms with Crippen LogP contribution in [-0.4, -0.2) is 40.3 Å². The van der Waals surface area contributed by atoms with E-state index in [1.165, 1.54) is 19.8 Å². The molecule has 0 unspecified atom stereocenters. The van der Waals surface area contributed by atoms with E-state index >= 15 is 0 Å². The van der Waals surface area contributed by atoms with Crippen molar-refractivity contribution < 1.29 is 19.1 Å². The second-order valence-corrected chi connectivity index (χ2v) is 8.54. The van der Waals surface area contributed by atoms with Gasteiger partial charge in [0.05, 0.1) is 45.4 Å². The Morgan fingerprint density at radius 2 is 1.34 bits per heavy atom. The number of carbonyl (C=O) groups is 2. The van der Waals surface area contributed by atoms with Gasteiger partial charge in [-0.15, -0.1) is 0 Å². The fourth-order valence-electron chi connectivity index (χ4n) is 4.29. The van der Waals surface area contributed by atoms with E-state index < -0.39 is 17.9 Å². The lowest BCUT2D eigenvalue weighted by Crippen LogP contribution is -2.39. The normalized spacial score (nSPS) is 14.8. The number of allylic oxidation sites excluding steroid dienone is 2. The summed E-state index contributed by atoms with van der Waals surface area (Å²) in [5.41, 5.74) is 5.33. The number of dihydropyridines is 1. The number of hydrogen-bond donors (Lipinski definition) is 1. The van der Waals surface area contributed by atoms with Crippen LogP contribution < -0.4 is 9.80 Å². The SMILES string of the molecule is COC(=O)C1=C(C)NC(C)=C(C(=O)OC)C1c1ccc([N+](C)(C)Cc2ccccc2)cc1. The van der Waals surface area contributed by atoms with Crippen molar-refractivity contribution in [1.29, 1.82) is 0 Å². The van der Waals surface area contributed by atoms with Crippen molar-refractivity contribution in [2.24, 2.45) is 0 Å². The first kappa shape index (κ1) is 23.3. The Labute approximate surface area is 189 Å². The maximum absolute atomic E-state index is 12.7. The molecule has 6 heteroatoms. The molecule has 0 spiro atoms. The van der Waals surface area contributed by atoms with Crippen molar-refractivity contribution >= 4 is 17.6 Å². The van der Waals surface area contributed by atoms with Crippen LogP contribution in [0, 0.1) is 0 Å². The van der Waals surface area contributed by atoms with Gasteiger partial charge in [0.25, 0.3) is 0 Å². The second-order valence-electron chi connectivity index (χ2n) is 8.54. The van der Waals surface area contributed by atoms with Gasteiger partial charge in [0.1, 0.15) is 12.2 Å². The first-order valence-corrected chi connectivity index (χ1v) is 10.5. The number of quaternary nitrogens is 1. The van der Waals surface area contributed by atoms with E-state index in [4.69, 9.17) is 9.47 Å². The summed E-state index contributed by atoms with van der Waals surface area (Å²) in [6, 6.07) is 18.4. The van der Waals surface area contributed by atoms with Gasteiger partial charge < -0.3 is 14.8 Å². The van der Waals surface area contributed by atoms with Gasteiger partial charge >= 0.3 is 11.9 Å². The Balaban J connectivity index is 2.02. The molecule has 0 amide bonds. The van der Waals surface area contributed by atoms with Crippen molar-refractivity contribution in [2.45, 2.75) is 26.3 Å². The van der Waals surface area contributed by atoms with E-state index in [0.29, 0.717) is 27.0 Å². The minimum atomic E-state index is -0.574. The van der Waals surface area contributed by atoms with Crippen LogP contribution in [0.1, 0.15) is 30.9 Å². The van der Waals surface area contributed by atoms with E-state index in [9.17, 15) is 9.59 Å². The molecule has 0 atom stereocenters. The van der Waals surface area contributed by atoms with Gasteiger partial charge in [0.2, 0.25) is 0 Å². The molecule has 1 N–H and O–H groups in total. The highest BCUT2D eigenvalue weighted by Crippen LogP contribution is 2.40. The van der Waals surface area contributed by atoms with Crippen LogP contribution >= 0.6 is 0 Å². The molecule has 1 heterocycles. The highest BCUT2D eigenvalue weighted by molar-refractivity contribution is 5.99. The maximum atomic E-state index is 12.7. The monoisotopic (exact) mass is 435 g/mol. The quantitative estimate of drug-likeness (QED) is 0.548. The van der Waals surface area contributed by atoms with E-state index in [2.05, 4.69) is 43.7 Å². The Hall–Kier alpha value is -3.38. The number of nitrogens with zero attached hydrogens (tertiary/aromatic N) is 1. The molecule has 1 aliphatic heterocycles. The predicted molar refractivity (Wildman–Crippen MR) is 126 cm³/mol. The number of nitrogens with one attached hydrogen (secondary N) is 1. The summed E-state index contributed by atoms with van der Waals surface area (Å²) in [5, 5.41) is 3.13. The van der Waals surface area contributed by atoms with Crippen molar-refractivity contribution in [3.63, 3.8) is 0 Å². The minimum absolute atomic E-state index is 0.407. The number of esters is 2. The molecule has 0 radical (unpaired) electrons. The van der Waals surface area contributed by atoms with Gasteiger partial charge in [0.15, 0.2) is 0 Å². The zero-order chi connectivity index (χ0) is 23.5. The first-order chi connectivity index (χ1) is 15.2. The van der Waals surface area contributed by atoms with Gasteiger partial charge in [-0.3, -0.25) is 4.48 Å². The summed E-state index contributed by atoms with van der Waals surface area (Å²) < 4.78 is 10.7. The molecule has 2 aromatic carbocycles. The van der Waals surface area contributed by atoms with Crippen LogP contribution in [0.5, 0.6) is 0 Å². The van der Waals surface area contributed by atoms with Crippen molar-refractivity contribution in [3.05, 3.63) is 88.3 Å². The molecule has 0 saturated carbocycles. The third kappa shape index (κ3) is 4.60. The largest absolute Gasteiger partial charge is 0.466 e. The molecule has 0 aliphatic carbocycles. The Kier molecular flexibility index (Phi) is 6.84. The lowest BCUT2D eigenvalue weighted by atomic mass is 9.80. The van der Waals surface area contributed by atoms with E-state index in [1.54, 1.807) is 0 Å². The van der Waals surface area contributed by atoms with E-state index in [1.807, 2.05) is 44.2 Å². The number of rotatable bonds is 6. The zero-order valence-corrected chi connectivity index (χ0v) is 19.6. The van der Waals surface area contributed by atoms with Crippen molar-refractivity contribution in [2.75, 3.05) is 28.3 Å². The topological polar surface area (TPSA) is 64.6 Å². The van der Waals surface area contributed by atoms with Crippen molar-refractivity contribution in [1.82, 2.24) is 9.80 Å². The number of ether oxygens (including phenoxy) is 2. The van der Waals surface area contributed by atoms with Crippen LogP contribution in [0.15, 0.2) is 77.1 Å². The van der Waals surface area contributed by atoms with Gasteiger partial charge in [0, 0.05) is 17.0 Å². The Bertz CT molecular complexity index is 1030. The van der Waals surface area contributed by atoms with Crippen LogP contribution in [0.25, 0.3) is 0 Å². The smallest absolute Gasteiger partial charge is 0.336 e. The number of benzene rings is 2. The average Bonchev–Trinajstić information content (AvgIpc) is 2.78. The highest BCUT2D eigenvalue weighted by atomic mass is 16.5.